The Hall–Kier alpha value is -1.36. The Morgan fingerprint density at radius 2 is 1.94 bits per heavy atom. The van der Waals surface area contributed by atoms with E-state index in [4.69, 9.17) is 5.84 Å². The summed E-state index contributed by atoms with van der Waals surface area (Å²) in [7, 11) is 0. The number of aromatic nitrogens is 2. The lowest BCUT2D eigenvalue weighted by molar-refractivity contribution is 0.461. The van der Waals surface area contributed by atoms with Crippen LogP contribution < -0.4 is 16.6 Å². The Kier molecular flexibility index (Phi) is 4.75. The number of nitrogen functional groups attached to an aromatic ring is 1. The molecule has 0 aromatic carbocycles. The lowest BCUT2D eigenvalue weighted by Crippen LogP contribution is -2.24. The van der Waals surface area contributed by atoms with E-state index in [0.717, 1.165) is 30.0 Å². The van der Waals surface area contributed by atoms with Gasteiger partial charge in [-0.15, -0.1) is 0 Å². The Bertz CT molecular complexity index is 374. The summed E-state index contributed by atoms with van der Waals surface area (Å²) in [5.41, 5.74) is 3.77. The molecule has 5 nitrogen and oxygen atoms in total. The van der Waals surface area contributed by atoms with E-state index in [1.807, 2.05) is 0 Å². The summed E-state index contributed by atoms with van der Waals surface area (Å²) < 4.78 is 0. The first-order valence-electron chi connectivity index (χ1n) is 6.92. The molecular formula is C13H23N5. The number of nitrogens with one attached hydrogen (secondary N) is 2. The average Bonchev–Trinajstić information content (AvgIpc) is 2.42. The van der Waals surface area contributed by atoms with Crippen LogP contribution in [0.5, 0.6) is 0 Å². The number of rotatable bonds is 5. The van der Waals surface area contributed by atoms with Gasteiger partial charge in [-0.05, 0) is 19.3 Å². The first-order valence-corrected chi connectivity index (χ1v) is 6.92. The summed E-state index contributed by atoms with van der Waals surface area (Å²) in [6.45, 7) is 2.15. The van der Waals surface area contributed by atoms with E-state index >= 15 is 0 Å². The number of nitrogens with two attached hydrogens (primary N) is 1. The third-order valence-electron chi connectivity index (χ3n) is 3.53. The molecule has 100 valence electrons. The maximum atomic E-state index is 5.51. The van der Waals surface area contributed by atoms with E-state index in [-0.39, 0.29) is 0 Å². The minimum absolute atomic E-state index is 0.551. The molecule has 0 saturated heterocycles. The van der Waals surface area contributed by atoms with Crippen LogP contribution in [-0.2, 0) is 6.42 Å². The molecule has 1 aliphatic carbocycles. The second kappa shape index (κ2) is 6.54. The first-order chi connectivity index (χ1) is 8.85. The molecule has 0 bridgehead atoms. The fourth-order valence-electron chi connectivity index (χ4n) is 2.59. The molecule has 1 saturated carbocycles. The highest BCUT2D eigenvalue weighted by Crippen LogP contribution is 2.25. The molecule has 0 atom stereocenters. The summed E-state index contributed by atoms with van der Waals surface area (Å²) in [6, 6.07) is 0.551. The van der Waals surface area contributed by atoms with Crippen molar-refractivity contribution in [2.75, 3.05) is 10.7 Å². The predicted molar refractivity (Wildman–Crippen MR) is 74.3 cm³/mol. The van der Waals surface area contributed by atoms with Gasteiger partial charge in [-0.25, -0.2) is 15.8 Å². The molecule has 1 aromatic heterocycles. The van der Waals surface area contributed by atoms with Gasteiger partial charge in [-0.2, -0.15) is 0 Å². The van der Waals surface area contributed by atoms with Crippen molar-refractivity contribution in [3.63, 3.8) is 0 Å². The zero-order valence-corrected chi connectivity index (χ0v) is 11.1. The number of nitrogens with zero attached hydrogens (tertiary/aromatic N) is 2. The molecule has 0 amide bonds. The van der Waals surface area contributed by atoms with Crippen LogP contribution in [0.4, 0.5) is 11.6 Å². The summed E-state index contributed by atoms with van der Waals surface area (Å²) in [4.78, 5) is 8.56. The Balaban J connectivity index is 2.14. The highest BCUT2D eigenvalue weighted by atomic mass is 15.3. The van der Waals surface area contributed by atoms with Crippen LogP contribution in [0.2, 0.25) is 0 Å². The summed E-state index contributed by atoms with van der Waals surface area (Å²) >= 11 is 0. The van der Waals surface area contributed by atoms with Gasteiger partial charge in [-0.1, -0.05) is 32.6 Å². The molecule has 1 fully saturated rings. The predicted octanol–water partition coefficient (Wildman–Crippen LogP) is 2.46. The van der Waals surface area contributed by atoms with Crippen molar-refractivity contribution in [2.24, 2.45) is 5.84 Å². The Morgan fingerprint density at radius 1 is 1.22 bits per heavy atom. The van der Waals surface area contributed by atoms with Crippen molar-refractivity contribution in [3.8, 4) is 0 Å². The minimum atomic E-state index is 0.551. The molecular weight excluding hydrogens is 226 g/mol. The second-order valence-electron chi connectivity index (χ2n) is 4.92. The quantitative estimate of drug-likeness (QED) is 0.552. The second-order valence-corrected chi connectivity index (χ2v) is 4.92. The number of hydrazine groups is 1. The van der Waals surface area contributed by atoms with Crippen molar-refractivity contribution in [3.05, 3.63) is 11.9 Å². The van der Waals surface area contributed by atoms with Gasteiger partial charge in [-0.3, -0.25) is 0 Å². The molecule has 0 spiro atoms. The zero-order valence-electron chi connectivity index (χ0n) is 11.1. The van der Waals surface area contributed by atoms with Crippen LogP contribution in [0, 0.1) is 0 Å². The van der Waals surface area contributed by atoms with Gasteiger partial charge in [0.2, 0.25) is 0 Å². The number of anilines is 2. The Labute approximate surface area is 109 Å². The van der Waals surface area contributed by atoms with Gasteiger partial charge >= 0.3 is 0 Å². The molecule has 0 aliphatic heterocycles. The van der Waals surface area contributed by atoms with E-state index in [0.29, 0.717) is 6.04 Å². The van der Waals surface area contributed by atoms with E-state index in [9.17, 15) is 0 Å². The number of hydrogen-bond donors (Lipinski definition) is 3. The van der Waals surface area contributed by atoms with Crippen molar-refractivity contribution < 1.29 is 0 Å². The van der Waals surface area contributed by atoms with Crippen LogP contribution >= 0.6 is 0 Å². The van der Waals surface area contributed by atoms with Crippen LogP contribution in [-0.4, -0.2) is 16.0 Å². The third kappa shape index (κ3) is 3.10. The molecule has 0 unspecified atom stereocenters. The highest BCUT2D eigenvalue weighted by Gasteiger charge is 2.16. The number of hydrogen-bond acceptors (Lipinski definition) is 5. The van der Waals surface area contributed by atoms with Crippen LogP contribution in [0.25, 0.3) is 0 Å². The molecule has 18 heavy (non-hydrogen) atoms. The average molecular weight is 249 g/mol. The maximum absolute atomic E-state index is 5.51. The van der Waals surface area contributed by atoms with Gasteiger partial charge in [0, 0.05) is 11.6 Å². The van der Waals surface area contributed by atoms with E-state index in [1.54, 1.807) is 6.33 Å². The Morgan fingerprint density at radius 3 is 2.61 bits per heavy atom. The van der Waals surface area contributed by atoms with Gasteiger partial charge in [0.1, 0.15) is 18.0 Å². The van der Waals surface area contributed by atoms with Crippen LogP contribution in [0.1, 0.15) is 51.0 Å². The fraction of sp³-hybridized carbons (Fsp3) is 0.692. The van der Waals surface area contributed by atoms with Crippen LogP contribution in [0.15, 0.2) is 6.33 Å². The molecule has 4 N–H and O–H groups in total. The standard InChI is InChI=1S/C13H23N5/c1-2-6-11-12(15-9-16-13(11)18-14)17-10-7-4-3-5-8-10/h9-10H,2-8,14H2,1H3,(H2,15,16,17,18). The van der Waals surface area contributed by atoms with Crippen molar-refractivity contribution in [1.29, 1.82) is 0 Å². The molecule has 1 heterocycles. The molecule has 1 aliphatic rings. The fourth-order valence-corrected chi connectivity index (χ4v) is 2.59. The molecule has 0 radical (unpaired) electrons. The minimum Gasteiger partial charge on any atom is -0.367 e. The molecule has 2 rings (SSSR count). The topological polar surface area (TPSA) is 75.9 Å². The van der Waals surface area contributed by atoms with Gasteiger partial charge < -0.3 is 10.7 Å². The smallest absolute Gasteiger partial charge is 0.148 e. The summed E-state index contributed by atoms with van der Waals surface area (Å²) in [6.07, 6.45) is 10.0. The van der Waals surface area contributed by atoms with Crippen molar-refractivity contribution in [1.82, 2.24) is 9.97 Å². The summed E-state index contributed by atoms with van der Waals surface area (Å²) in [5.74, 6) is 7.21. The van der Waals surface area contributed by atoms with Crippen molar-refractivity contribution >= 4 is 11.6 Å². The van der Waals surface area contributed by atoms with Gasteiger partial charge in [0.25, 0.3) is 0 Å². The summed E-state index contributed by atoms with van der Waals surface area (Å²) in [5, 5.41) is 3.56. The van der Waals surface area contributed by atoms with E-state index in [1.165, 1.54) is 32.1 Å². The monoisotopic (exact) mass is 249 g/mol. The van der Waals surface area contributed by atoms with E-state index in [2.05, 4.69) is 27.6 Å². The highest BCUT2D eigenvalue weighted by molar-refractivity contribution is 5.57. The normalized spacial score (nSPS) is 16.6. The first kappa shape index (κ1) is 13.1. The van der Waals surface area contributed by atoms with E-state index < -0.39 is 0 Å². The maximum Gasteiger partial charge on any atom is 0.148 e. The molecule has 5 heteroatoms. The zero-order chi connectivity index (χ0) is 12.8. The lowest BCUT2D eigenvalue weighted by Gasteiger charge is -2.24. The van der Waals surface area contributed by atoms with Gasteiger partial charge in [0.05, 0.1) is 0 Å². The van der Waals surface area contributed by atoms with Gasteiger partial charge in [0.15, 0.2) is 0 Å². The molecule has 1 aromatic rings. The SMILES string of the molecule is CCCc1c(NN)ncnc1NC1CCCCC1. The third-order valence-corrected chi connectivity index (χ3v) is 3.53. The lowest BCUT2D eigenvalue weighted by atomic mass is 9.95. The van der Waals surface area contributed by atoms with Crippen LogP contribution in [0.3, 0.4) is 0 Å². The van der Waals surface area contributed by atoms with Crippen molar-refractivity contribution in [2.45, 2.75) is 57.9 Å². The largest absolute Gasteiger partial charge is 0.367 e.